The van der Waals surface area contributed by atoms with Gasteiger partial charge < -0.3 is 9.84 Å². The van der Waals surface area contributed by atoms with Crippen molar-refractivity contribution >= 4 is 63.2 Å². The Morgan fingerprint density at radius 2 is 1.74 bits per heavy atom. The molecule has 0 aliphatic carbocycles. The molecule has 0 radical (unpaired) electrons. The Morgan fingerprint density at radius 3 is 2.35 bits per heavy atom. The fraction of sp³-hybridized carbons (Fsp3) is 0.115. The van der Waals surface area contributed by atoms with Crippen LogP contribution >= 0.6 is 34.4 Å². The number of amides is 1. The monoisotopic (exact) mass is 584 g/mol. The van der Waals surface area contributed by atoms with E-state index in [2.05, 4.69) is 27.6 Å². The van der Waals surface area contributed by atoms with E-state index in [4.69, 9.17) is 9.84 Å². The Hall–Kier alpha value is -3.11. The summed E-state index contributed by atoms with van der Waals surface area (Å²) >= 11 is 3.58. The summed E-state index contributed by atoms with van der Waals surface area (Å²) in [6, 6.07) is 22.1. The summed E-state index contributed by atoms with van der Waals surface area (Å²) < 4.78 is 7.04. The third-order valence-corrected chi connectivity index (χ3v) is 6.77. The molecule has 4 rings (SSSR count). The molecular formula is C26H21IN2O4S. The minimum absolute atomic E-state index is 0.104. The fourth-order valence-corrected chi connectivity index (χ4v) is 4.64. The maximum absolute atomic E-state index is 12.9. The number of amidine groups is 1. The standard InChI is InChI=1S/C26H21IN2O4S/c1-2-29-24(30)23(34-26(29)28-21-11-7-19(8-12-21)25(31)32)15-17-5-13-22(14-6-17)33-16-18-3-9-20(27)10-4-18/h3-15H,2,16H2,1H3,(H,31,32). The Labute approximate surface area is 215 Å². The number of thioether (sulfide) groups is 1. The number of carboxylic acids is 1. The number of nitrogens with zero attached hydrogens (tertiary/aromatic N) is 2. The Kier molecular flexibility index (Phi) is 7.69. The number of hydrogen-bond donors (Lipinski definition) is 1. The molecule has 172 valence electrons. The zero-order chi connectivity index (χ0) is 24.1. The highest BCUT2D eigenvalue weighted by molar-refractivity contribution is 14.1. The maximum atomic E-state index is 12.9. The first-order chi connectivity index (χ1) is 16.4. The summed E-state index contributed by atoms with van der Waals surface area (Å²) in [5.74, 6) is -0.336. The van der Waals surface area contributed by atoms with E-state index in [0.717, 1.165) is 16.9 Å². The smallest absolute Gasteiger partial charge is 0.335 e. The second-order valence-corrected chi connectivity index (χ2v) is 9.65. The van der Waals surface area contributed by atoms with Gasteiger partial charge in [0.1, 0.15) is 12.4 Å². The van der Waals surface area contributed by atoms with Crippen LogP contribution in [0.2, 0.25) is 0 Å². The van der Waals surface area contributed by atoms with Crippen molar-refractivity contribution in [3.05, 3.63) is 98.0 Å². The number of halogens is 1. The number of likely N-dealkylation sites (N-methyl/N-ethyl adjacent to an activating group) is 1. The minimum atomic E-state index is -0.990. The molecule has 0 unspecified atom stereocenters. The van der Waals surface area contributed by atoms with Gasteiger partial charge >= 0.3 is 5.97 Å². The van der Waals surface area contributed by atoms with Crippen LogP contribution in [0.5, 0.6) is 5.75 Å². The van der Waals surface area contributed by atoms with Gasteiger partial charge in [-0.3, -0.25) is 9.69 Å². The third-order valence-electron chi connectivity index (χ3n) is 5.04. The van der Waals surface area contributed by atoms with Gasteiger partial charge in [0, 0.05) is 10.1 Å². The number of rotatable bonds is 7. The summed E-state index contributed by atoms with van der Waals surface area (Å²) in [5.41, 5.74) is 2.77. The van der Waals surface area contributed by atoms with Crippen LogP contribution in [-0.2, 0) is 11.4 Å². The molecule has 0 atom stereocenters. The third kappa shape index (κ3) is 5.87. The van der Waals surface area contributed by atoms with Gasteiger partial charge in [0.15, 0.2) is 5.17 Å². The molecule has 34 heavy (non-hydrogen) atoms. The normalized spacial score (nSPS) is 15.8. The van der Waals surface area contributed by atoms with Crippen molar-refractivity contribution in [3.8, 4) is 5.75 Å². The molecule has 1 aliphatic heterocycles. The molecule has 0 aromatic heterocycles. The average molecular weight is 584 g/mol. The van der Waals surface area contributed by atoms with Crippen molar-refractivity contribution < 1.29 is 19.4 Å². The summed E-state index contributed by atoms with van der Waals surface area (Å²) in [7, 11) is 0. The number of benzene rings is 3. The van der Waals surface area contributed by atoms with Crippen LogP contribution in [-0.4, -0.2) is 33.6 Å². The molecule has 1 fully saturated rings. The summed E-state index contributed by atoms with van der Waals surface area (Å²) in [4.78, 5) is 30.7. The molecule has 3 aromatic carbocycles. The lowest BCUT2D eigenvalue weighted by molar-refractivity contribution is -0.122. The Balaban J connectivity index is 1.46. The molecule has 1 saturated heterocycles. The predicted molar refractivity (Wildman–Crippen MR) is 143 cm³/mol. The van der Waals surface area contributed by atoms with Crippen molar-refractivity contribution in [3.63, 3.8) is 0 Å². The lowest BCUT2D eigenvalue weighted by Gasteiger charge is -2.12. The number of carboxylic acid groups (broad SMARTS) is 1. The Bertz CT molecular complexity index is 1250. The highest BCUT2D eigenvalue weighted by Crippen LogP contribution is 2.34. The topological polar surface area (TPSA) is 79.2 Å². The number of aliphatic imine (C=N–C) groups is 1. The molecule has 1 heterocycles. The van der Waals surface area contributed by atoms with Crippen LogP contribution in [0.3, 0.4) is 0 Å². The van der Waals surface area contributed by atoms with Gasteiger partial charge in [-0.1, -0.05) is 24.3 Å². The van der Waals surface area contributed by atoms with Crippen LogP contribution in [0.4, 0.5) is 5.69 Å². The first-order valence-corrected chi connectivity index (χ1v) is 12.4. The maximum Gasteiger partial charge on any atom is 0.335 e. The van der Waals surface area contributed by atoms with E-state index in [1.807, 2.05) is 61.5 Å². The van der Waals surface area contributed by atoms with Crippen LogP contribution in [0.15, 0.2) is 82.7 Å². The van der Waals surface area contributed by atoms with E-state index in [1.165, 1.54) is 27.5 Å². The van der Waals surface area contributed by atoms with Gasteiger partial charge in [-0.05, 0) is 107 Å². The second kappa shape index (κ2) is 10.9. The van der Waals surface area contributed by atoms with Gasteiger partial charge in [0.25, 0.3) is 5.91 Å². The molecule has 8 heteroatoms. The lowest BCUT2D eigenvalue weighted by atomic mass is 10.2. The van der Waals surface area contributed by atoms with Gasteiger partial charge in [0.2, 0.25) is 0 Å². The molecule has 0 bridgehead atoms. The van der Waals surface area contributed by atoms with Crippen LogP contribution in [0.1, 0.15) is 28.4 Å². The molecule has 1 N–H and O–H groups in total. The van der Waals surface area contributed by atoms with E-state index in [-0.39, 0.29) is 11.5 Å². The van der Waals surface area contributed by atoms with E-state index in [9.17, 15) is 9.59 Å². The molecule has 1 aliphatic rings. The largest absolute Gasteiger partial charge is 0.489 e. The van der Waals surface area contributed by atoms with E-state index >= 15 is 0 Å². The molecule has 0 spiro atoms. The lowest BCUT2D eigenvalue weighted by Crippen LogP contribution is -2.28. The van der Waals surface area contributed by atoms with Crippen LogP contribution < -0.4 is 4.74 Å². The number of aromatic carboxylic acids is 1. The van der Waals surface area contributed by atoms with Gasteiger partial charge in [-0.25, -0.2) is 9.79 Å². The highest BCUT2D eigenvalue weighted by Gasteiger charge is 2.32. The van der Waals surface area contributed by atoms with Crippen molar-refractivity contribution in [2.45, 2.75) is 13.5 Å². The highest BCUT2D eigenvalue weighted by atomic mass is 127. The minimum Gasteiger partial charge on any atom is -0.489 e. The van der Waals surface area contributed by atoms with Crippen LogP contribution in [0.25, 0.3) is 6.08 Å². The number of carbonyl (C=O) groups is 2. The van der Waals surface area contributed by atoms with Gasteiger partial charge in [-0.15, -0.1) is 0 Å². The van der Waals surface area contributed by atoms with Crippen molar-refractivity contribution in [2.24, 2.45) is 4.99 Å². The van der Waals surface area contributed by atoms with Crippen molar-refractivity contribution in [1.82, 2.24) is 4.90 Å². The van der Waals surface area contributed by atoms with Crippen molar-refractivity contribution in [2.75, 3.05) is 6.54 Å². The van der Waals surface area contributed by atoms with Gasteiger partial charge in [0.05, 0.1) is 16.2 Å². The second-order valence-electron chi connectivity index (χ2n) is 7.39. The first kappa shape index (κ1) is 24.0. The SMILES string of the molecule is CCN1C(=O)C(=Cc2ccc(OCc3ccc(I)cc3)cc2)SC1=Nc1ccc(C(=O)O)cc1. The zero-order valence-electron chi connectivity index (χ0n) is 18.3. The van der Waals surface area contributed by atoms with E-state index in [0.29, 0.717) is 28.9 Å². The fourth-order valence-electron chi connectivity index (χ4n) is 3.22. The Morgan fingerprint density at radius 1 is 1.06 bits per heavy atom. The summed E-state index contributed by atoms with van der Waals surface area (Å²) in [6.07, 6.45) is 1.84. The molecule has 1 amide bonds. The predicted octanol–water partition coefficient (Wildman–Crippen LogP) is 6.19. The van der Waals surface area contributed by atoms with E-state index in [1.54, 1.807) is 17.0 Å². The average Bonchev–Trinajstić information content (AvgIpc) is 3.13. The van der Waals surface area contributed by atoms with Crippen LogP contribution in [0, 0.1) is 3.57 Å². The zero-order valence-corrected chi connectivity index (χ0v) is 21.2. The summed E-state index contributed by atoms with van der Waals surface area (Å²) in [6.45, 7) is 2.87. The molecule has 3 aromatic rings. The van der Waals surface area contributed by atoms with E-state index < -0.39 is 5.97 Å². The molecule has 6 nitrogen and oxygen atoms in total. The number of carbonyl (C=O) groups excluding carboxylic acids is 1. The summed E-state index contributed by atoms with van der Waals surface area (Å²) in [5, 5.41) is 9.62. The quantitative estimate of drug-likeness (QED) is 0.265. The first-order valence-electron chi connectivity index (χ1n) is 10.5. The number of ether oxygens (including phenoxy) is 1. The van der Waals surface area contributed by atoms with Gasteiger partial charge in [-0.2, -0.15) is 0 Å². The molecular weight excluding hydrogens is 563 g/mol. The van der Waals surface area contributed by atoms with Crippen molar-refractivity contribution in [1.29, 1.82) is 0 Å². The number of hydrogen-bond acceptors (Lipinski definition) is 5. The molecule has 0 saturated carbocycles.